The molecule has 0 aliphatic rings. The molecule has 0 heterocycles. The molecule has 0 atom stereocenters. The molecule has 2 aromatic carbocycles. The van der Waals surface area contributed by atoms with Crippen molar-refractivity contribution >= 4 is 36.6 Å². The molecule has 0 unspecified atom stereocenters. The van der Waals surface area contributed by atoms with Gasteiger partial charge >= 0.3 is 0 Å². The van der Waals surface area contributed by atoms with E-state index in [0.29, 0.717) is 11.4 Å². The molecule has 0 fully saturated rings. The average molecular weight is 248 g/mol. The summed E-state index contributed by atoms with van der Waals surface area (Å²) in [6.45, 7) is 0. The molecule has 2 rings (SSSR count). The molecular weight excluding hydrogens is 236 g/mol. The van der Waals surface area contributed by atoms with Gasteiger partial charge < -0.3 is 11.5 Å². The van der Waals surface area contributed by atoms with E-state index in [-0.39, 0.29) is 0 Å². The number of rotatable bonds is 1. The van der Waals surface area contributed by atoms with Crippen LogP contribution in [0.15, 0.2) is 46.2 Å². The van der Waals surface area contributed by atoms with Crippen LogP contribution in [0.1, 0.15) is 0 Å². The van der Waals surface area contributed by atoms with Crippen LogP contribution in [0.5, 0.6) is 0 Å². The topological polar surface area (TPSA) is 52.0 Å². The van der Waals surface area contributed by atoms with Crippen LogP contribution >= 0.6 is 25.3 Å². The molecule has 0 aromatic heterocycles. The fraction of sp³-hybridized carbons (Fsp3) is 0. The van der Waals surface area contributed by atoms with Gasteiger partial charge in [-0.2, -0.15) is 0 Å². The number of benzene rings is 2. The monoisotopic (exact) mass is 248 g/mol. The predicted molar refractivity (Wildman–Crippen MR) is 75.2 cm³/mol. The summed E-state index contributed by atoms with van der Waals surface area (Å²) in [6, 6.07) is 11.4. The largest absolute Gasteiger partial charge is 0.398 e. The van der Waals surface area contributed by atoms with Crippen LogP contribution in [0.2, 0.25) is 0 Å². The van der Waals surface area contributed by atoms with Crippen molar-refractivity contribution in [1.82, 2.24) is 0 Å². The number of nitrogen functional groups attached to an aromatic ring is 2. The van der Waals surface area contributed by atoms with Crippen LogP contribution in [0.4, 0.5) is 11.4 Å². The third-order valence-corrected chi connectivity index (χ3v) is 3.19. The van der Waals surface area contributed by atoms with Crippen molar-refractivity contribution in [1.29, 1.82) is 0 Å². The first kappa shape index (κ1) is 11.2. The average Bonchev–Trinajstić information content (AvgIpc) is 2.26. The van der Waals surface area contributed by atoms with Gasteiger partial charge in [-0.1, -0.05) is 12.1 Å². The fourth-order valence-electron chi connectivity index (χ4n) is 1.46. The van der Waals surface area contributed by atoms with Gasteiger partial charge in [-0.15, -0.1) is 25.3 Å². The third kappa shape index (κ3) is 2.13. The molecule has 0 aliphatic carbocycles. The zero-order valence-corrected chi connectivity index (χ0v) is 10.3. The lowest BCUT2D eigenvalue weighted by Gasteiger charge is -2.07. The molecule has 4 N–H and O–H groups in total. The van der Waals surface area contributed by atoms with Crippen LogP contribution in [-0.4, -0.2) is 0 Å². The molecule has 0 bridgehead atoms. The van der Waals surface area contributed by atoms with E-state index in [1.165, 1.54) is 0 Å². The van der Waals surface area contributed by atoms with Gasteiger partial charge in [0, 0.05) is 21.2 Å². The summed E-state index contributed by atoms with van der Waals surface area (Å²) in [5, 5.41) is 0. The number of thiol groups is 2. The van der Waals surface area contributed by atoms with Gasteiger partial charge in [-0.05, 0) is 35.4 Å². The molecule has 0 radical (unpaired) electrons. The molecule has 16 heavy (non-hydrogen) atoms. The van der Waals surface area contributed by atoms with Crippen molar-refractivity contribution in [3.8, 4) is 11.1 Å². The van der Waals surface area contributed by atoms with Crippen molar-refractivity contribution < 1.29 is 0 Å². The predicted octanol–water partition coefficient (Wildman–Crippen LogP) is 3.10. The maximum absolute atomic E-state index is 5.81. The lowest BCUT2D eigenvalue weighted by molar-refractivity contribution is 1.44. The summed E-state index contributed by atoms with van der Waals surface area (Å²) in [5.41, 5.74) is 14.9. The van der Waals surface area contributed by atoms with Gasteiger partial charge in [0.2, 0.25) is 0 Å². The fourth-order valence-corrected chi connectivity index (χ4v) is 1.81. The summed E-state index contributed by atoms with van der Waals surface area (Å²) in [4.78, 5) is 1.55. The Morgan fingerprint density at radius 2 is 1.31 bits per heavy atom. The molecule has 2 aromatic rings. The first-order valence-corrected chi connectivity index (χ1v) is 5.65. The Bertz CT molecular complexity index is 489. The van der Waals surface area contributed by atoms with Crippen LogP contribution in [-0.2, 0) is 0 Å². The van der Waals surface area contributed by atoms with Gasteiger partial charge in [0.15, 0.2) is 0 Å². The zero-order chi connectivity index (χ0) is 11.7. The molecular formula is C12H12N2S2. The quantitative estimate of drug-likeness (QED) is 0.463. The van der Waals surface area contributed by atoms with Gasteiger partial charge in [0.25, 0.3) is 0 Å². The molecule has 0 aliphatic heterocycles. The van der Waals surface area contributed by atoms with E-state index in [1.54, 1.807) is 0 Å². The summed E-state index contributed by atoms with van der Waals surface area (Å²) >= 11 is 8.53. The summed E-state index contributed by atoms with van der Waals surface area (Å²) in [5.74, 6) is 0. The highest BCUT2D eigenvalue weighted by Gasteiger charge is 2.02. The summed E-state index contributed by atoms with van der Waals surface area (Å²) in [6.07, 6.45) is 0. The van der Waals surface area contributed by atoms with E-state index in [9.17, 15) is 0 Å². The Hall–Kier alpha value is -1.26. The first-order chi connectivity index (χ1) is 7.58. The van der Waals surface area contributed by atoms with Crippen molar-refractivity contribution in [3.05, 3.63) is 36.4 Å². The van der Waals surface area contributed by atoms with Crippen LogP contribution in [0.25, 0.3) is 11.1 Å². The van der Waals surface area contributed by atoms with Crippen molar-refractivity contribution in [3.63, 3.8) is 0 Å². The second kappa shape index (κ2) is 4.31. The zero-order valence-electron chi connectivity index (χ0n) is 8.51. The lowest BCUT2D eigenvalue weighted by atomic mass is 10.0. The Balaban J connectivity index is 2.50. The highest BCUT2D eigenvalue weighted by atomic mass is 32.1. The minimum atomic E-state index is 0.665. The Morgan fingerprint density at radius 1 is 0.688 bits per heavy atom. The van der Waals surface area contributed by atoms with E-state index < -0.39 is 0 Å². The van der Waals surface area contributed by atoms with Crippen LogP contribution < -0.4 is 11.5 Å². The lowest BCUT2D eigenvalue weighted by Crippen LogP contribution is -1.90. The number of nitrogens with two attached hydrogens (primary N) is 2. The second-order valence-electron chi connectivity index (χ2n) is 3.55. The maximum atomic E-state index is 5.81. The van der Waals surface area contributed by atoms with E-state index in [4.69, 9.17) is 11.5 Å². The van der Waals surface area contributed by atoms with Gasteiger partial charge in [-0.3, -0.25) is 0 Å². The van der Waals surface area contributed by atoms with Crippen LogP contribution in [0, 0.1) is 0 Å². The SMILES string of the molecule is Nc1cc(-c2ccc(N)c(S)c2)ccc1S. The smallest absolute Gasteiger partial charge is 0.0455 e. The maximum Gasteiger partial charge on any atom is 0.0455 e. The molecule has 82 valence electrons. The highest BCUT2D eigenvalue weighted by Crippen LogP contribution is 2.29. The van der Waals surface area contributed by atoms with Gasteiger partial charge in [-0.25, -0.2) is 0 Å². The van der Waals surface area contributed by atoms with Crippen molar-refractivity contribution in [2.75, 3.05) is 11.5 Å². The standard InChI is InChI=1S/C12H12N2S2/c13-9-3-1-8(6-12(9)16)7-2-4-11(15)10(14)5-7/h1-6,15-16H,13-14H2. The molecule has 4 heteroatoms. The normalized spacial score (nSPS) is 10.4. The Kier molecular flexibility index (Phi) is 3.03. The summed E-state index contributed by atoms with van der Waals surface area (Å²) in [7, 11) is 0. The molecule has 2 nitrogen and oxygen atoms in total. The van der Waals surface area contributed by atoms with E-state index >= 15 is 0 Å². The van der Waals surface area contributed by atoms with E-state index in [0.717, 1.165) is 20.9 Å². The number of hydrogen-bond donors (Lipinski definition) is 4. The molecule has 0 saturated carbocycles. The summed E-state index contributed by atoms with van der Waals surface area (Å²) < 4.78 is 0. The Labute approximate surface area is 105 Å². The third-order valence-electron chi connectivity index (χ3n) is 2.39. The Morgan fingerprint density at radius 3 is 1.94 bits per heavy atom. The molecule has 0 spiro atoms. The number of anilines is 2. The molecule has 0 amide bonds. The minimum absolute atomic E-state index is 0.665. The van der Waals surface area contributed by atoms with Crippen molar-refractivity contribution in [2.24, 2.45) is 0 Å². The van der Waals surface area contributed by atoms with Crippen LogP contribution in [0.3, 0.4) is 0 Å². The second-order valence-corrected chi connectivity index (χ2v) is 4.51. The number of hydrogen-bond acceptors (Lipinski definition) is 4. The van der Waals surface area contributed by atoms with Gasteiger partial charge in [0.05, 0.1) is 0 Å². The van der Waals surface area contributed by atoms with Crippen molar-refractivity contribution in [2.45, 2.75) is 9.79 Å². The minimum Gasteiger partial charge on any atom is -0.398 e. The molecule has 0 saturated heterocycles. The van der Waals surface area contributed by atoms with E-state index in [1.807, 2.05) is 36.4 Å². The van der Waals surface area contributed by atoms with E-state index in [2.05, 4.69) is 25.3 Å². The highest BCUT2D eigenvalue weighted by molar-refractivity contribution is 7.80. The van der Waals surface area contributed by atoms with Gasteiger partial charge in [0.1, 0.15) is 0 Å². The first-order valence-electron chi connectivity index (χ1n) is 4.75.